The van der Waals surface area contributed by atoms with Crippen LogP contribution in [0.3, 0.4) is 0 Å². The largest absolute Gasteiger partial charge is 0.479 e. The van der Waals surface area contributed by atoms with Gasteiger partial charge in [-0.15, -0.1) is 0 Å². The Kier molecular flexibility index (Phi) is 3.99. The molecule has 0 aliphatic carbocycles. The minimum absolute atomic E-state index is 0.109. The molecule has 108 valence electrons. The molecular weight excluding hydrogens is 270 g/mol. The first kappa shape index (κ1) is 14.0. The van der Waals surface area contributed by atoms with E-state index in [9.17, 15) is 19.2 Å². The van der Waals surface area contributed by atoms with Crippen LogP contribution in [0.4, 0.5) is 0 Å². The first-order chi connectivity index (χ1) is 9.45. The Labute approximate surface area is 112 Å². The van der Waals surface area contributed by atoms with E-state index in [2.05, 4.69) is 10.3 Å². The van der Waals surface area contributed by atoms with Crippen molar-refractivity contribution < 1.29 is 19.4 Å². The fraction of sp³-hybridized carbons (Fsp3) is 0.455. The predicted octanol–water partition coefficient (Wildman–Crippen LogP) is -1.57. The van der Waals surface area contributed by atoms with Gasteiger partial charge in [-0.05, 0) is 12.8 Å². The van der Waals surface area contributed by atoms with Crippen molar-refractivity contribution in [2.24, 2.45) is 0 Å². The highest BCUT2D eigenvalue weighted by molar-refractivity contribution is 5.92. The van der Waals surface area contributed by atoms with Crippen molar-refractivity contribution >= 4 is 11.9 Å². The van der Waals surface area contributed by atoms with Crippen molar-refractivity contribution in [1.29, 1.82) is 0 Å². The number of aromatic nitrogens is 2. The van der Waals surface area contributed by atoms with Crippen molar-refractivity contribution in [2.45, 2.75) is 25.0 Å². The van der Waals surface area contributed by atoms with Crippen molar-refractivity contribution in [3.8, 4) is 0 Å². The number of nitrogens with one attached hydrogen (secondary N) is 3. The van der Waals surface area contributed by atoms with E-state index in [4.69, 9.17) is 9.84 Å². The summed E-state index contributed by atoms with van der Waals surface area (Å²) < 4.78 is 5.20. The lowest BCUT2D eigenvalue weighted by Crippen LogP contribution is -2.35. The molecule has 2 rings (SSSR count). The molecule has 0 bridgehead atoms. The summed E-state index contributed by atoms with van der Waals surface area (Å²) in [7, 11) is 0. The number of carboxylic acids is 1. The third-order valence-electron chi connectivity index (χ3n) is 2.88. The van der Waals surface area contributed by atoms with Crippen LogP contribution in [-0.2, 0) is 9.53 Å². The van der Waals surface area contributed by atoms with Crippen LogP contribution in [0.15, 0.2) is 15.7 Å². The van der Waals surface area contributed by atoms with Gasteiger partial charge in [0.05, 0.1) is 6.10 Å². The zero-order valence-corrected chi connectivity index (χ0v) is 10.3. The highest BCUT2D eigenvalue weighted by atomic mass is 16.5. The second kappa shape index (κ2) is 5.70. The molecular formula is C11H13N3O6. The minimum Gasteiger partial charge on any atom is -0.479 e. The molecule has 1 aliphatic heterocycles. The van der Waals surface area contributed by atoms with Crippen LogP contribution in [0.1, 0.15) is 23.3 Å². The highest BCUT2D eigenvalue weighted by Gasteiger charge is 2.30. The van der Waals surface area contributed by atoms with E-state index in [0.717, 1.165) is 6.07 Å². The normalized spacial score (nSPS) is 21.6. The van der Waals surface area contributed by atoms with Gasteiger partial charge < -0.3 is 20.1 Å². The molecule has 1 amide bonds. The SMILES string of the molecule is O=C(NCC1CCC(C(=O)O)O1)c1cc(=O)[nH]c(=O)[nH]1. The molecule has 2 heterocycles. The number of carboxylic acid groups (broad SMARTS) is 1. The van der Waals surface area contributed by atoms with Crippen molar-refractivity contribution in [3.05, 3.63) is 32.6 Å². The lowest BCUT2D eigenvalue weighted by molar-refractivity contribution is -0.149. The van der Waals surface area contributed by atoms with E-state index in [1.54, 1.807) is 0 Å². The molecule has 2 unspecified atom stereocenters. The first-order valence-electron chi connectivity index (χ1n) is 5.96. The summed E-state index contributed by atoms with van der Waals surface area (Å²) in [6.07, 6.45) is -0.342. The molecule has 9 heteroatoms. The Hall–Kier alpha value is -2.42. The van der Waals surface area contributed by atoms with Gasteiger partial charge in [0.15, 0.2) is 6.10 Å². The maximum absolute atomic E-state index is 11.7. The maximum Gasteiger partial charge on any atom is 0.332 e. The van der Waals surface area contributed by atoms with E-state index < -0.39 is 35.3 Å². The number of amides is 1. The van der Waals surface area contributed by atoms with Gasteiger partial charge in [0.1, 0.15) is 5.69 Å². The molecule has 1 aromatic rings. The fourth-order valence-electron chi connectivity index (χ4n) is 1.93. The number of rotatable bonds is 4. The molecule has 0 spiro atoms. The van der Waals surface area contributed by atoms with Gasteiger partial charge in [-0.3, -0.25) is 14.6 Å². The monoisotopic (exact) mass is 283 g/mol. The van der Waals surface area contributed by atoms with Crippen molar-refractivity contribution in [3.63, 3.8) is 0 Å². The number of carbonyl (C=O) groups excluding carboxylic acids is 1. The topological polar surface area (TPSA) is 141 Å². The van der Waals surface area contributed by atoms with Gasteiger partial charge in [0, 0.05) is 12.6 Å². The summed E-state index contributed by atoms with van der Waals surface area (Å²) in [5.74, 6) is -1.66. The van der Waals surface area contributed by atoms with E-state index in [1.807, 2.05) is 4.98 Å². The summed E-state index contributed by atoms with van der Waals surface area (Å²) >= 11 is 0. The second-order valence-electron chi connectivity index (χ2n) is 4.37. The number of aromatic amines is 2. The summed E-state index contributed by atoms with van der Waals surface area (Å²) in [5, 5.41) is 11.2. The molecule has 0 saturated carbocycles. The lowest BCUT2D eigenvalue weighted by Gasteiger charge is -2.12. The quantitative estimate of drug-likeness (QED) is 0.525. The van der Waals surface area contributed by atoms with E-state index in [0.29, 0.717) is 12.8 Å². The van der Waals surface area contributed by atoms with Gasteiger partial charge in [-0.25, -0.2) is 9.59 Å². The molecule has 9 nitrogen and oxygen atoms in total. The van der Waals surface area contributed by atoms with Crippen LogP contribution in [0.25, 0.3) is 0 Å². The smallest absolute Gasteiger partial charge is 0.332 e. The van der Waals surface area contributed by atoms with Crippen molar-refractivity contribution in [1.82, 2.24) is 15.3 Å². The van der Waals surface area contributed by atoms with Crippen LogP contribution in [0.2, 0.25) is 0 Å². The second-order valence-corrected chi connectivity index (χ2v) is 4.37. The molecule has 1 fully saturated rings. The number of aliphatic carboxylic acids is 1. The molecule has 1 aliphatic rings. The summed E-state index contributed by atoms with van der Waals surface area (Å²) in [6.45, 7) is 0.109. The van der Waals surface area contributed by atoms with Crippen LogP contribution >= 0.6 is 0 Å². The first-order valence-corrected chi connectivity index (χ1v) is 5.96. The Balaban J connectivity index is 1.91. The van der Waals surface area contributed by atoms with Gasteiger partial charge >= 0.3 is 11.7 Å². The molecule has 0 aromatic carbocycles. The van der Waals surface area contributed by atoms with E-state index >= 15 is 0 Å². The van der Waals surface area contributed by atoms with Crippen molar-refractivity contribution in [2.75, 3.05) is 6.54 Å². The molecule has 20 heavy (non-hydrogen) atoms. The number of ether oxygens (including phenoxy) is 1. The minimum atomic E-state index is -1.03. The average Bonchev–Trinajstić information content (AvgIpc) is 2.83. The standard InChI is InChI=1S/C11H13N3O6/c15-8-3-6(13-11(19)14-8)9(16)12-4-5-1-2-7(20-5)10(17)18/h3,5,7H,1-2,4H2,(H,12,16)(H,17,18)(H2,13,14,15,19). The van der Waals surface area contributed by atoms with Gasteiger partial charge in [0.2, 0.25) is 0 Å². The number of hydrogen-bond acceptors (Lipinski definition) is 5. The van der Waals surface area contributed by atoms with Gasteiger partial charge in [0.25, 0.3) is 11.5 Å². The number of H-pyrrole nitrogens is 2. The molecule has 1 aromatic heterocycles. The summed E-state index contributed by atoms with van der Waals surface area (Å²) in [4.78, 5) is 48.6. The van der Waals surface area contributed by atoms with Gasteiger partial charge in [-0.1, -0.05) is 0 Å². The fourth-order valence-corrected chi connectivity index (χ4v) is 1.93. The number of hydrogen-bond donors (Lipinski definition) is 4. The molecule has 1 saturated heterocycles. The average molecular weight is 283 g/mol. The third-order valence-corrected chi connectivity index (χ3v) is 2.88. The number of carbonyl (C=O) groups is 2. The van der Waals surface area contributed by atoms with Gasteiger partial charge in [-0.2, -0.15) is 0 Å². The van der Waals surface area contributed by atoms with Crippen LogP contribution in [0, 0.1) is 0 Å². The maximum atomic E-state index is 11.7. The molecule has 2 atom stereocenters. The Bertz CT molecular complexity index is 605. The molecule has 4 N–H and O–H groups in total. The van der Waals surface area contributed by atoms with Crippen LogP contribution in [0.5, 0.6) is 0 Å². The highest BCUT2D eigenvalue weighted by Crippen LogP contribution is 2.19. The molecule has 0 radical (unpaired) electrons. The Morgan fingerprint density at radius 3 is 2.70 bits per heavy atom. The predicted molar refractivity (Wildman–Crippen MR) is 65.5 cm³/mol. The zero-order chi connectivity index (χ0) is 14.7. The van der Waals surface area contributed by atoms with Crippen LogP contribution in [-0.4, -0.2) is 45.7 Å². The van der Waals surface area contributed by atoms with E-state index in [-0.39, 0.29) is 12.2 Å². The summed E-state index contributed by atoms with van der Waals surface area (Å²) in [6, 6.07) is 0.965. The zero-order valence-electron chi connectivity index (χ0n) is 10.3. The Morgan fingerprint density at radius 2 is 2.10 bits per heavy atom. The lowest BCUT2D eigenvalue weighted by atomic mass is 10.2. The third kappa shape index (κ3) is 3.32. The van der Waals surface area contributed by atoms with E-state index in [1.165, 1.54) is 0 Å². The Morgan fingerprint density at radius 1 is 1.35 bits per heavy atom. The summed E-state index contributed by atoms with van der Waals surface area (Å²) in [5.41, 5.74) is -1.61. The van der Waals surface area contributed by atoms with Crippen LogP contribution < -0.4 is 16.6 Å².